The van der Waals surface area contributed by atoms with E-state index in [1.165, 1.54) is 6.20 Å². The lowest BCUT2D eigenvalue weighted by Crippen LogP contribution is -2.19. The van der Waals surface area contributed by atoms with Crippen molar-refractivity contribution in [1.82, 2.24) is 14.8 Å². The van der Waals surface area contributed by atoms with Crippen LogP contribution in [0.25, 0.3) is 0 Å². The predicted octanol–water partition coefficient (Wildman–Crippen LogP) is 1.88. The average Bonchev–Trinajstić information content (AvgIpc) is 2.82. The van der Waals surface area contributed by atoms with Crippen molar-refractivity contribution >= 4 is 0 Å². The predicted molar refractivity (Wildman–Crippen MR) is 69.3 cm³/mol. The number of ether oxygens (including phenoxy) is 1. The summed E-state index contributed by atoms with van der Waals surface area (Å²) in [5.41, 5.74) is 7.22. The molecule has 0 aliphatic heterocycles. The summed E-state index contributed by atoms with van der Waals surface area (Å²) >= 11 is 0. The van der Waals surface area contributed by atoms with Gasteiger partial charge in [0.15, 0.2) is 5.75 Å². The number of nitrogens with zero attached hydrogens (tertiary/aromatic N) is 3. The number of aryl methyl sites for hydroxylation is 1. The Hall–Kier alpha value is -1.95. The molecule has 2 heterocycles. The van der Waals surface area contributed by atoms with Crippen molar-refractivity contribution in [3.8, 4) is 5.75 Å². The summed E-state index contributed by atoms with van der Waals surface area (Å²) in [4.78, 5) is 3.73. The molecule has 0 bridgehead atoms. The van der Waals surface area contributed by atoms with Gasteiger partial charge in [0.05, 0.1) is 25.5 Å². The van der Waals surface area contributed by atoms with Crippen LogP contribution in [0.2, 0.25) is 0 Å². The SMILES string of the molecule is CCCn1ncc(OC)c1C(N)c1ccncc1F. The highest BCUT2D eigenvalue weighted by atomic mass is 19.1. The van der Waals surface area contributed by atoms with Crippen LogP contribution < -0.4 is 10.5 Å². The highest BCUT2D eigenvalue weighted by molar-refractivity contribution is 5.35. The minimum Gasteiger partial charge on any atom is -0.493 e. The van der Waals surface area contributed by atoms with E-state index in [4.69, 9.17) is 10.5 Å². The molecule has 0 saturated heterocycles. The van der Waals surface area contributed by atoms with E-state index < -0.39 is 11.9 Å². The largest absolute Gasteiger partial charge is 0.493 e. The number of hydrogen-bond acceptors (Lipinski definition) is 4. The second-order valence-corrected chi connectivity index (χ2v) is 4.20. The van der Waals surface area contributed by atoms with Crippen LogP contribution in [0.4, 0.5) is 4.39 Å². The first-order chi connectivity index (χ1) is 9.19. The van der Waals surface area contributed by atoms with Crippen molar-refractivity contribution < 1.29 is 9.13 Å². The van der Waals surface area contributed by atoms with Crippen molar-refractivity contribution in [3.05, 3.63) is 41.7 Å². The Morgan fingerprint density at radius 1 is 1.47 bits per heavy atom. The normalized spacial score (nSPS) is 12.4. The van der Waals surface area contributed by atoms with Crippen molar-refractivity contribution in [2.75, 3.05) is 7.11 Å². The number of hydrogen-bond donors (Lipinski definition) is 1. The summed E-state index contributed by atoms with van der Waals surface area (Å²) in [6.45, 7) is 2.75. The van der Waals surface area contributed by atoms with Crippen LogP contribution in [0.3, 0.4) is 0 Å². The molecule has 0 radical (unpaired) electrons. The van der Waals surface area contributed by atoms with Crippen molar-refractivity contribution in [2.24, 2.45) is 5.73 Å². The van der Waals surface area contributed by atoms with Crippen LogP contribution in [0, 0.1) is 5.82 Å². The minimum absolute atomic E-state index is 0.381. The molecular formula is C13H17FN4O. The fourth-order valence-electron chi connectivity index (χ4n) is 2.02. The fourth-order valence-corrected chi connectivity index (χ4v) is 2.02. The van der Waals surface area contributed by atoms with Gasteiger partial charge in [0.25, 0.3) is 0 Å². The van der Waals surface area contributed by atoms with E-state index in [2.05, 4.69) is 10.1 Å². The topological polar surface area (TPSA) is 66.0 Å². The molecule has 2 aromatic rings. The van der Waals surface area contributed by atoms with Gasteiger partial charge in [-0.05, 0) is 12.5 Å². The third-order valence-electron chi connectivity index (χ3n) is 2.93. The van der Waals surface area contributed by atoms with Crippen LogP contribution in [0.15, 0.2) is 24.7 Å². The van der Waals surface area contributed by atoms with Gasteiger partial charge in [-0.25, -0.2) is 4.39 Å². The number of nitrogens with two attached hydrogens (primary N) is 1. The van der Waals surface area contributed by atoms with Gasteiger partial charge < -0.3 is 10.5 Å². The molecule has 0 aliphatic carbocycles. The Labute approximate surface area is 111 Å². The second kappa shape index (κ2) is 5.79. The van der Waals surface area contributed by atoms with Gasteiger partial charge in [-0.15, -0.1) is 0 Å². The Kier molecular flexibility index (Phi) is 4.11. The number of aromatic nitrogens is 3. The van der Waals surface area contributed by atoms with Crippen LogP contribution >= 0.6 is 0 Å². The molecule has 0 spiro atoms. The number of methoxy groups -OCH3 is 1. The molecule has 1 unspecified atom stereocenters. The molecule has 0 aromatic carbocycles. The van der Waals surface area contributed by atoms with Crippen LogP contribution in [0.1, 0.15) is 30.6 Å². The van der Waals surface area contributed by atoms with Gasteiger partial charge >= 0.3 is 0 Å². The molecule has 1 atom stereocenters. The van der Waals surface area contributed by atoms with Gasteiger partial charge in [0, 0.05) is 18.3 Å². The van der Waals surface area contributed by atoms with E-state index in [1.807, 2.05) is 6.92 Å². The zero-order chi connectivity index (χ0) is 13.8. The van der Waals surface area contributed by atoms with Gasteiger partial charge in [-0.1, -0.05) is 6.92 Å². The number of rotatable bonds is 5. The summed E-state index contributed by atoms with van der Waals surface area (Å²) < 4.78 is 20.8. The summed E-state index contributed by atoms with van der Waals surface area (Å²) in [5, 5.41) is 4.23. The van der Waals surface area contributed by atoms with E-state index in [-0.39, 0.29) is 0 Å². The smallest absolute Gasteiger partial charge is 0.161 e. The third-order valence-corrected chi connectivity index (χ3v) is 2.93. The zero-order valence-corrected chi connectivity index (χ0v) is 11.0. The second-order valence-electron chi connectivity index (χ2n) is 4.20. The number of pyridine rings is 1. The summed E-state index contributed by atoms with van der Waals surface area (Å²) in [6.07, 6.45) is 5.18. The molecule has 2 aromatic heterocycles. The lowest BCUT2D eigenvalue weighted by Gasteiger charge is -2.16. The van der Waals surface area contributed by atoms with Gasteiger partial charge in [0.1, 0.15) is 11.5 Å². The quantitative estimate of drug-likeness (QED) is 0.895. The summed E-state index contributed by atoms with van der Waals surface area (Å²) in [6, 6.07) is 0.940. The molecule has 19 heavy (non-hydrogen) atoms. The van der Waals surface area contributed by atoms with Gasteiger partial charge in [-0.3, -0.25) is 9.67 Å². The standard InChI is InChI=1S/C13H17FN4O/c1-3-6-18-13(11(19-2)8-17-18)12(15)9-4-5-16-7-10(9)14/h4-5,7-8,12H,3,6,15H2,1-2H3. The molecule has 0 fully saturated rings. The Morgan fingerprint density at radius 3 is 2.89 bits per heavy atom. The fraction of sp³-hybridized carbons (Fsp3) is 0.385. The highest BCUT2D eigenvalue weighted by Gasteiger charge is 2.22. The summed E-state index contributed by atoms with van der Waals surface area (Å²) in [5.74, 6) is 0.137. The third kappa shape index (κ3) is 2.58. The Bertz CT molecular complexity index is 555. The van der Waals surface area contributed by atoms with Crippen molar-refractivity contribution in [3.63, 3.8) is 0 Å². The maximum atomic E-state index is 13.8. The minimum atomic E-state index is -0.632. The lowest BCUT2D eigenvalue weighted by molar-refractivity contribution is 0.403. The highest BCUT2D eigenvalue weighted by Crippen LogP contribution is 2.29. The maximum absolute atomic E-state index is 13.8. The van der Waals surface area contributed by atoms with Gasteiger partial charge in [0.2, 0.25) is 0 Å². The maximum Gasteiger partial charge on any atom is 0.161 e. The van der Waals surface area contributed by atoms with Crippen LogP contribution in [-0.2, 0) is 6.54 Å². The summed E-state index contributed by atoms with van der Waals surface area (Å²) in [7, 11) is 1.55. The lowest BCUT2D eigenvalue weighted by atomic mass is 10.0. The van der Waals surface area contributed by atoms with E-state index >= 15 is 0 Å². The first-order valence-corrected chi connectivity index (χ1v) is 6.13. The number of halogens is 1. The van der Waals surface area contributed by atoms with E-state index in [9.17, 15) is 4.39 Å². The molecule has 2 N–H and O–H groups in total. The van der Waals surface area contributed by atoms with E-state index in [0.29, 0.717) is 23.6 Å². The van der Waals surface area contributed by atoms with Crippen LogP contribution in [-0.4, -0.2) is 21.9 Å². The molecular weight excluding hydrogens is 247 g/mol. The van der Waals surface area contributed by atoms with E-state index in [1.54, 1.807) is 24.1 Å². The molecule has 0 aliphatic rings. The van der Waals surface area contributed by atoms with Gasteiger partial charge in [-0.2, -0.15) is 5.10 Å². The Balaban J connectivity index is 2.45. The van der Waals surface area contributed by atoms with Crippen molar-refractivity contribution in [1.29, 1.82) is 0 Å². The molecule has 6 heteroatoms. The molecule has 5 nitrogen and oxygen atoms in total. The van der Waals surface area contributed by atoms with Crippen LogP contribution in [0.5, 0.6) is 5.75 Å². The van der Waals surface area contributed by atoms with Crippen molar-refractivity contribution in [2.45, 2.75) is 25.9 Å². The molecule has 0 saturated carbocycles. The Morgan fingerprint density at radius 2 is 2.26 bits per heavy atom. The first kappa shape index (κ1) is 13.5. The molecule has 2 rings (SSSR count). The zero-order valence-electron chi connectivity index (χ0n) is 11.0. The monoisotopic (exact) mass is 264 g/mol. The first-order valence-electron chi connectivity index (χ1n) is 6.13. The molecule has 0 amide bonds. The molecule has 102 valence electrons. The van der Waals surface area contributed by atoms with E-state index in [0.717, 1.165) is 12.6 Å². The average molecular weight is 264 g/mol.